The topological polar surface area (TPSA) is 80.0 Å². The number of aliphatic hydroxyl groups excluding tert-OH is 1. The Morgan fingerprint density at radius 1 is 1.03 bits per heavy atom. The summed E-state index contributed by atoms with van der Waals surface area (Å²) in [7, 11) is 1.54. The van der Waals surface area contributed by atoms with Crippen molar-refractivity contribution in [3.8, 4) is 5.75 Å². The zero-order chi connectivity index (χ0) is 26.5. The Morgan fingerprint density at radius 3 is 2.43 bits per heavy atom. The van der Waals surface area contributed by atoms with Gasteiger partial charge in [-0.05, 0) is 52.9 Å². The lowest BCUT2D eigenvalue weighted by atomic mass is 9.85. The summed E-state index contributed by atoms with van der Waals surface area (Å²) < 4.78 is 12.0. The summed E-state index contributed by atoms with van der Waals surface area (Å²) in [6.45, 7) is 6.35. The van der Waals surface area contributed by atoms with Gasteiger partial charge in [-0.1, -0.05) is 67.0 Å². The molecule has 0 saturated carbocycles. The van der Waals surface area contributed by atoms with E-state index >= 15 is 0 Å². The number of ether oxygens (including phenoxy) is 1. The summed E-state index contributed by atoms with van der Waals surface area (Å²) in [6.07, 6.45) is 0. The Kier molecular flexibility index (Phi) is 6.20. The van der Waals surface area contributed by atoms with Crippen LogP contribution in [0.25, 0.3) is 11.0 Å². The number of carbonyl (C=O) groups excluding carboxylic acids is 2. The molecule has 1 amide bonds. The second-order valence-electron chi connectivity index (χ2n) is 10.0. The minimum Gasteiger partial charge on any atom is -0.503 e. The molecular weight excluding hydrogens is 534 g/mol. The standard InChI is InChI=1S/C30H26BrNO5/c1-30(2,3)19-10-8-17(9-11-19)26-25(27(33)24-15-18-14-20(31)12-13-23(18)37-24)28(34)29(35)32(26)21-6-5-7-22(16-21)36-4/h5-16,26,34H,1-4H3. The van der Waals surface area contributed by atoms with Crippen LogP contribution in [0.15, 0.2) is 93.0 Å². The van der Waals surface area contributed by atoms with E-state index in [9.17, 15) is 14.7 Å². The first kappa shape index (κ1) is 24.8. The minimum atomic E-state index is -0.860. The van der Waals surface area contributed by atoms with Crippen molar-refractivity contribution in [1.29, 1.82) is 0 Å². The maximum atomic E-state index is 13.8. The molecule has 1 atom stereocenters. The van der Waals surface area contributed by atoms with Crippen LogP contribution in [-0.2, 0) is 10.2 Å². The summed E-state index contributed by atoms with van der Waals surface area (Å²) in [6, 6.07) is 20.9. The van der Waals surface area contributed by atoms with E-state index in [1.54, 1.807) is 36.4 Å². The fraction of sp³-hybridized carbons (Fsp3) is 0.200. The first-order valence-corrected chi connectivity index (χ1v) is 12.6. The van der Waals surface area contributed by atoms with Gasteiger partial charge in [0.1, 0.15) is 11.3 Å². The van der Waals surface area contributed by atoms with Crippen LogP contribution in [0.3, 0.4) is 0 Å². The van der Waals surface area contributed by atoms with E-state index in [-0.39, 0.29) is 16.7 Å². The van der Waals surface area contributed by atoms with Gasteiger partial charge in [-0.15, -0.1) is 0 Å². The first-order valence-electron chi connectivity index (χ1n) is 11.8. The molecule has 7 heteroatoms. The number of ketones is 1. The van der Waals surface area contributed by atoms with Crippen molar-refractivity contribution < 1.29 is 23.8 Å². The van der Waals surface area contributed by atoms with E-state index in [2.05, 4.69) is 36.7 Å². The number of fused-ring (bicyclic) bond motifs is 1. The predicted octanol–water partition coefficient (Wildman–Crippen LogP) is 7.28. The van der Waals surface area contributed by atoms with Crippen molar-refractivity contribution in [1.82, 2.24) is 0 Å². The molecule has 0 bridgehead atoms. The van der Waals surface area contributed by atoms with Gasteiger partial charge in [-0.2, -0.15) is 0 Å². The van der Waals surface area contributed by atoms with Gasteiger partial charge in [0.2, 0.25) is 5.78 Å². The van der Waals surface area contributed by atoms with Crippen LogP contribution in [0.5, 0.6) is 5.75 Å². The highest BCUT2D eigenvalue weighted by atomic mass is 79.9. The molecule has 1 unspecified atom stereocenters. The highest BCUT2D eigenvalue weighted by Gasteiger charge is 2.45. The molecule has 0 aliphatic carbocycles. The average molecular weight is 560 g/mol. The van der Waals surface area contributed by atoms with E-state index in [1.807, 2.05) is 36.4 Å². The van der Waals surface area contributed by atoms with Crippen LogP contribution >= 0.6 is 15.9 Å². The normalized spacial score (nSPS) is 16.1. The molecule has 0 spiro atoms. The van der Waals surface area contributed by atoms with Gasteiger partial charge in [0, 0.05) is 21.6 Å². The molecule has 0 fully saturated rings. The molecule has 6 nitrogen and oxygen atoms in total. The number of furan rings is 1. The molecule has 5 rings (SSSR count). The maximum absolute atomic E-state index is 13.8. The molecule has 0 radical (unpaired) electrons. The third kappa shape index (κ3) is 4.44. The molecule has 2 heterocycles. The molecule has 4 aromatic rings. The fourth-order valence-corrected chi connectivity index (χ4v) is 4.98. The van der Waals surface area contributed by atoms with Gasteiger partial charge in [0.05, 0.1) is 18.7 Å². The van der Waals surface area contributed by atoms with Gasteiger partial charge >= 0.3 is 0 Å². The highest BCUT2D eigenvalue weighted by Crippen LogP contribution is 2.43. The second kappa shape index (κ2) is 9.23. The lowest BCUT2D eigenvalue weighted by molar-refractivity contribution is -0.117. The molecule has 1 aliphatic rings. The third-order valence-corrected chi connectivity index (χ3v) is 7.07. The number of hydrogen-bond donors (Lipinski definition) is 1. The summed E-state index contributed by atoms with van der Waals surface area (Å²) in [5.74, 6) is -1.21. The summed E-state index contributed by atoms with van der Waals surface area (Å²) >= 11 is 3.43. The molecule has 37 heavy (non-hydrogen) atoms. The Morgan fingerprint density at radius 2 is 1.76 bits per heavy atom. The smallest absolute Gasteiger partial charge is 0.294 e. The van der Waals surface area contributed by atoms with Crippen molar-refractivity contribution >= 4 is 44.3 Å². The third-order valence-electron chi connectivity index (χ3n) is 6.58. The first-order chi connectivity index (χ1) is 17.6. The number of rotatable bonds is 5. The van der Waals surface area contributed by atoms with Crippen molar-refractivity contribution in [3.05, 3.63) is 105 Å². The van der Waals surface area contributed by atoms with E-state index in [0.29, 0.717) is 22.6 Å². The van der Waals surface area contributed by atoms with Gasteiger partial charge in [-0.25, -0.2) is 0 Å². The van der Waals surface area contributed by atoms with Crippen molar-refractivity contribution in [3.63, 3.8) is 0 Å². The van der Waals surface area contributed by atoms with Crippen molar-refractivity contribution in [2.45, 2.75) is 32.2 Å². The summed E-state index contributed by atoms with van der Waals surface area (Å²) in [4.78, 5) is 28.7. The van der Waals surface area contributed by atoms with Crippen molar-refractivity contribution in [2.24, 2.45) is 0 Å². The van der Waals surface area contributed by atoms with Crippen LogP contribution in [0.1, 0.15) is 48.5 Å². The van der Waals surface area contributed by atoms with Crippen LogP contribution in [0, 0.1) is 0 Å². The van der Waals surface area contributed by atoms with Gasteiger partial charge in [-0.3, -0.25) is 14.5 Å². The number of carbonyl (C=O) groups is 2. The lowest BCUT2D eigenvalue weighted by Gasteiger charge is -2.28. The largest absolute Gasteiger partial charge is 0.503 e. The molecule has 1 N–H and O–H groups in total. The lowest BCUT2D eigenvalue weighted by Crippen LogP contribution is -2.31. The highest BCUT2D eigenvalue weighted by molar-refractivity contribution is 9.10. The van der Waals surface area contributed by atoms with Gasteiger partial charge in [0.15, 0.2) is 11.5 Å². The Balaban J connectivity index is 1.65. The number of aliphatic hydroxyl groups is 1. The molecular formula is C30H26BrNO5. The molecule has 1 aromatic heterocycles. The quantitative estimate of drug-likeness (QED) is 0.260. The zero-order valence-corrected chi connectivity index (χ0v) is 22.5. The number of benzene rings is 3. The average Bonchev–Trinajstić information content (AvgIpc) is 3.41. The molecule has 1 aliphatic heterocycles. The summed E-state index contributed by atoms with van der Waals surface area (Å²) in [5.41, 5.74) is 2.72. The Hall–Kier alpha value is -3.84. The number of Topliss-reactive ketones (excluding diaryl/α,β-unsaturated/α-hetero) is 1. The van der Waals surface area contributed by atoms with Crippen LogP contribution in [-0.4, -0.2) is 23.9 Å². The number of methoxy groups -OCH3 is 1. The number of halogens is 1. The van der Waals surface area contributed by atoms with E-state index in [4.69, 9.17) is 9.15 Å². The predicted molar refractivity (Wildman–Crippen MR) is 146 cm³/mol. The summed E-state index contributed by atoms with van der Waals surface area (Å²) in [5, 5.41) is 11.8. The van der Waals surface area contributed by atoms with E-state index in [0.717, 1.165) is 15.4 Å². The number of nitrogens with zero attached hydrogens (tertiary/aromatic N) is 1. The molecule has 188 valence electrons. The second-order valence-corrected chi connectivity index (χ2v) is 11.0. The van der Waals surface area contributed by atoms with E-state index < -0.39 is 23.5 Å². The maximum Gasteiger partial charge on any atom is 0.294 e. The van der Waals surface area contributed by atoms with E-state index in [1.165, 1.54) is 12.0 Å². The fourth-order valence-electron chi connectivity index (χ4n) is 4.60. The monoisotopic (exact) mass is 559 g/mol. The van der Waals surface area contributed by atoms with Crippen molar-refractivity contribution in [2.75, 3.05) is 12.0 Å². The Bertz CT molecular complexity index is 1560. The van der Waals surface area contributed by atoms with Crippen LogP contribution < -0.4 is 9.64 Å². The number of hydrogen-bond acceptors (Lipinski definition) is 5. The minimum absolute atomic E-state index is 0.0329. The van der Waals surface area contributed by atoms with Gasteiger partial charge < -0.3 is 14.3 Å². The zero-order valence-electron chi connectivity index (χ0n) is 20.9. The Labute approximate surface area is 223 Å². The molecule has 3 aromatic carbocycles. The SMILES string of the molecule is COc1cccc(N2C(=O)C(O)=C(C(=O)c3cc4cc(Br)ccc4o3)C2c2ccc(C(C)(C)C)cc2)c1. The number of amides is 1. The van der Waals surface area contributed by atoms with Gasteiger partial charge in [0.25, 0.3) is 5.91 Å². The van der Waals surface area contributed by atoms with Crippen LogP contribution in [0.4, 0.5) is 5.69 Å². The van der Waals surface area contributed by atoms with Crippen LogP contribution in [0.2, 0.25) is 0 Å². The number of anilines is 1. The molecule has 0 saturated heterocycles.